The molecule has 0 aromatic heterocycles. The smallest absolute Gasteiger partial charge is 0.251 e. The van der Waals surface area contributed by atoms with Gasteiger partial charge in [-0.05, 0) is 51.2 Å². The monoisotopic (exact) mass is 296 g/mol. The third-order valence-electron chi connectivity index (χ3n) is 3.46. The Hall–Kier alpha value is -2.13. The fourth-order valence-corrected chi connectivity index (χ4v) is 2.52. The molecule has 3 heteroatoms. The Morgan fingerprint density at radius 3 is 2.05 bits per heavy atom. The zero-order chi connectivity index (χ0) is 16.1. The van der Waals surface area contributed by atoms with Crippen LogP contribution in [0.15, 0.2) is 42.5 Å². The Morgan fingerprint density at radius 2 is 1.50 bits per heavy atom. The van der Waals surface area contributed by atoms with Crippen molar-refractivity contribution in [3.8, 4) is 0 Å². The van der Waals surface area contributed by atoms with Crippen molar-refractivity contribution >= 4 is 5.91 Å². The van der Waals surface area contributed by atoms with Crippen molar-refractivity contribution in [2.24, 2.45) is 0 Å². The summed E-state index contributed by atoms with van der Waals surface area (Å²) in [7, 11) is 4.11. The molecule has 0 spiro atoms. The number of amides is 1. The van der Waals surface area contributed by atoms with Crippen molar-refractivity contribution in [3.05, 3.63) is 70.3 Å². The van der Waals surface area contributed by atoms with Gasteiger partial charge in [-0.3, -0.25) is 4.79 Å². The maximum absolute atomic E-state index is 12.2. The largest absolute Gasteiger partial charge is 0.348 e. The number of hydrogen-bond donors (Lipinski definition) is 1. The number of hydrogen-bond acceptors (Lipinski definition) is 2. The summed E-state index contributed by atoms with van der Waals surface area (Å²) >= 11 is 0. The van der Waals surface area contributed by atoms with Crippen LogP contribution in [-0.4, -0.2) is 24.9 Å². The first-order valence-electron chi connectivity index (χ1n) is 7.53. The molecule has 0 aliphatic rings. The molecule has 22 heavy (non-hydrogen) atoms. The standard InChI is InChI=1S/C19H24N2O/c1-14-9-15(2)11-18(10-14)19(22)20-12-16-5-7-17(8-6-16)13-21(3)4/h5-11H,12-13H2,1-4H3,(H,20,22). The molecule has 0 heterocycles. The third kappa shape index (κ3) is 4.71. The van der Waals surface area contributed by atoms with Gasteiger partial charge in [0.25, 0.3) is 5.91 Å². The van der Waals surface area contributed by atoms with Gasteiger partial charge in [0, 0.05) is 18.7 Å². The predicted molar refractivity (Wildman–Crippen MR) is 90.9 cm³/mol. The molecule has 0 saturated heterocycles. The maximum atomic E-state index is 12.2. The van der Waals surface area contributed by atoms with Crippen LogP contribution in [0.5, 0.6) is 0 Å². The van der Waals surface area contributed by atoms with Crippen LogP contribution < -0.4 is 5.32 Å². The van der Waals surface area contributed by atoms with E-state index in [1.54, 1.807) is 0 Å². The second kappa shape index (κ2) is 7.23. The van der Waals surface area contributed by atoms with E-state index in [0.717, 1.165) is 28.8 Å². The van der Waals surface area contributed by atoms with E-state index in [0.29, 0.717) is 6.54 Å². The lowest BCUT2D eigenvalue weighted by Crippen LogP contribution is -2.23. The quantitative estimate of drug-likeness (QED) is 0.918. The fraction of sp³-hybridized carbons (Fsp3) is 0.316. The third-order valence-corrected chi connectivity index (χ3v) is 3.46. The highest BCUT2D eigenvalue weighted by Crippen LogP contribution is 2.10. The number of benzene rings is 2. The minimum Gasteiger partial charge on any atom is -0.348 e. The van der Waals surface area contributed by atoms with Crippen molar-refractivity contribution in [2.45, 2.75) is 26.9 Å². The van der Waals surface area contributed by atoms with Gasteiger partial charge < -0.3 is 10.2 Å². The lowest BCUT2D eigenvalue weighted by Gasteiger charge is -2.11. The van der Waals surface area contributed by atoms with Gasteiger partial charge in [-0.1, -0.05) is 41.5 Å². The van der Waals surface area contributed by atoms with E-state index in [-0.39, 0.29) is 5.91 Å². The van der Waals surface area contributed by atoms with E-state index in [9.17, 15) is 4.79 Å². The molecule has 2 rings (SSSR count). The Kier molecular flexibility index (Phi) is 5.34. The second-order valence-electron chi connectivity index (χ2n) is 6.11. The fourth-order valence-electron chi connectivity index (χ4n) is 2.52. The van der Waals surface area contributed by atoms with Crippen LogP contribution in [-0.2, 0) is 13.1 Å². The Morgan fingerprint density at radius 1 is 0.955 bits per heavy atom. The molecule has 1 amide bonds. The first kappa shape index (κ1) is 16.2. The lowest BCUT2D eigenvalue weighted by atomic mass is 10.1. The average molecular weight is 296 g/mol. The summed E-state index contributed by atoms with van der Waals surface area (Å²) in [6.45, 7) is 5.49. The zero-order valence-electron chi connectivity index (χ0n) is 13.8. The normalized spacial score (nSPS) is 10.8. The molecule has 0 radical (unpaired) electrons. The predicted octanol–water partition coefficient (Wildman–Crippen LogP) is 3.30. The molecule has 0 aliphatic carbocycles. The van der Waals surface area contributed by atoms with Crippen molar-refractivity contribution < 1.29 is 4.79 Å². The van der Waals surface area contributed by atoms with E-state index < -0.39 is 0 Å². The van der Waals surface area contributed by atoms with E-state index >= 15 is 0 Å². The highest BCUT2D eigenvalue weighted by Gasteiger charge is 2.06. The number of rotatable bonds is 5. The minimum atomic E-state index is -0.0239. The Balaban J connectivity index is 1.96. The van der Waals surface area contributed by atoms with E-state index in [1.807, 2.05) is 26.0 Å². The molecule has 3 nitrogen and oxygen atoms in total. The van der Waals surface area contributed by atoms with Gasteiger partial charge in [-0.25, -0.2) is 0 Å². The molecular formula is C19H24N2O. The molecule has 0 atom stereocenters. The first-order chi connectivity index (χ1) is 10.4. The topological polar surface area (TPSA) is 32.3 Å². The van der Waals surface area contributed by atoms with Crippen LogP contribution in [0, 0.1) is 13.8 Å². The van der Waals surface area contributed by atoms with Crippen LogP contribution >= 0.6 is 0 Å². The second-order valence-corrected chi connectivity index (χ2v) is 6.11. The molecule has 116 valence electrons. The maximum Gasteiger partial charge on any atom is 0.251 e. The highest BCUT2D eigenvalue weighted by atomic mass is 16.1. The molecule has 0 fully saturated rings. The number of aryl methyl sites for hydroxylation is 2. The summed E-state index contributed by atoms with van der Waals surface area (Å²) < 4.78 is 0. The number of nitrogens with one attached hydrogen (secondary N) is 1. The summed E-state index contributed by atoms with van der Waals surface area (Å²) in [4.78, 5) is 14.4. The van der Waals surface area contributed by atoms with Crippen LogP contribution in [0.4, 0.5) is 0 Å². The van der Waals surface area contributed by atoms with Crippen molar-refractivity contribution in [3.63, 3.8) is 0 Å². The SMILES string of the molecule is Cc1cc(C)cc(C(=O)NCc2ccc(CN(C)C)cc2)c1. The van der Waals surface area contributed by atoms with E-state index in [4.69, 9.17) is 0 Å². The molecule has 0 saturated carbocycles. The molecule has 0 aliphatic heterocycles. The van der Waals surface area contributed by atoms with E-state index in [2.05, 4.69) is 54.6 Å². The summed E-state index contributed by atoms with van der Waals surface area (Å²) in [5.74, 6) is -0.0239. The van der Waals surface area contributed by atoms with Crippen molar-refractivity contribution in [2.75, 3.05) is 14.1 Å². The summed E-state index contributed by atoms with van der Waals surface area (Å²) in [5.41, 5.74) is 5.33. The van der Waals surface area contributed by atoms with Gasteiger partial charge in [0.1, 0.15) is 0 Å². The molecule has 0 unspecified atom stereocenters. The van der Waals surface area contributed by atoms with Gasteiger partial charge in [0.2, 0.25) is 0 Å². The van der Waals surface area contributed by atoms with Crippen LogP contribution in [0.2, 0.25) is 0 Å². The van der Waals surface area contributed by atoms with Crippen LogP contribution in [0.1, 0.15) is 32.6 Å². The highest BCUT2D eigenvalue weighted by molar-refractivity contribution is 5.94. The Labute approximate surface area is 133 Å². The summed E-state index contributed by atoms with van der Waals surface area (Å²) in [5, 5.41) is 2.98. The molecule has 2 aromatic carbocycles. The summed E-state index contributed by atoms with van der Waals surface area (Å²) in [6, 6.07) is 14.3. The van der Waals surface area contributed by atoms with Gasteiger partial charge in [0.15, 0.2) is 0 Å². The number of carbonyl (C=O) groups is 1. The Bertz CT molecular complexity index is 625. The minimum absolute atomic E-state index is 0.0239. The van der Waals surface area contributed by atoms with Crippen LogP contribution in [0.3, 0.4) is 0 Å². The number of carbonyl (C=O) groups excluding carboxylic acids is 1. The zero-order valence-corrected chi connectivity index (χ0v) is 13.8. The molecule has 2 aromatic rings. The summed E-state index contributed by atoms with van der Waals surface area (Å²) in [6.07, 6.45) is 0. The molecule has 1 N–H and O–H groups in total. The van der Waals surface area contributed by atoms with Crippen molar-refractivity contribution in [1.82, 2.24) is 10.2 Å². The van der Waals surface area contributed by atoms with E-state index in [1.165, 1.54) is 5.56 Å². The number of nitrogens with zero attached hydrogens (tertiary/aromatic N) is 1. The van der Waals surface area contributed by atoms with Crippen LogP contribution in [0.25, 0.3) is 0 Å². The first-order valence-corrected chi connectivity index (χ1v) is 7.53. The molecular weight excluding hydrogens is 272 g/mol. The van der Waals surface area contributed by atoms with Gasteiger partial charge in [-0.2, -0.15) is 0 Å². The van der Waals surface area contributed by atoms with Gasteiger partial charge in [-0.15, -0.1) is 0 Å². The van der Waals surface area contributed by atoms with Gasteiger partial charge >= 0.3 is 0 Å². The molecule has 0 bridgehead atoms. The van der Waals surface area contributed by atoms with Gasteiger partial charge in [0.05, 0.1) is 0 Å². The van der Waals surface area contributed by atoms with Crippen molar-refractivity contribution in [1.29, 1.82) is 0 Å². The average Bonchev–Trinajstić information content (AvgIpc) is 2.44. The lowest BCUT2D eigenvalue weighted by molar-refractivity contribution is 0.0950.